The summed E-state index contributed by atoms with van der Waals surface area (Å²) in [6.07, 6.45) is 0. The van der Waals surface area contributed by atoms with Crippen LogP contribution in [0.1, 0.15) is 11.1 Å². The molecule has 0 radical (unpaired) electrons. The number of aryl methyl sites for hydroxylation is 1. The van der Waals surface area contributed by atoms with Crippen molar-refractivity contribution in [2.24, 2.45) is 0 Å². The molecule has 2 rings (SSSR count). The van der Waals surface area contributed by atoms with Gasteiger partial charge in [0.05, 0.1) is 0 Å². The van der Waals surface area contributed by atoms with Gasteiger partial charge in [-0.1, -0.05) is 15.9 Å². The zero-order valence-electron chi connectivity index (χ0n) is 7.17. The largest absolute Gasteiger partial charge is 0.143 e. The minimum absolute atomic E-state index is 0.896. The van der Waals surface area contributed by atoms with Crippen molar-refractivity contribution in [1.29, 1.82) is 0 Å². The SMILES string of the molecule is Cc1csc2cc(CBr)cc(S)c12. The maximum atomic E-state index is 4.50. The Hall–Kier alpha value is 0.01000. The molecule has 13 heavy (non-hydrogen) atoms. The molecule has 3 heteroatoms. The summed E-state index contributed by atoms with van der Waals surface area (Å²) in [4.78, 5) is 1.09. The normalized spacial score (nSPS) is 11.0. The predicted octanol–water partition coefficient (Wildman–Crippen LogP) is 4.39. The Labute approximate surface area is 95.5 Å². The molecular formula is C10H9BrS2. The smallest absolute Gasteiger partial charge is 0.0359 e. The third kappa shape index (κ3) is 1.65. The zero-order chi connectivity index (χ0) is 9.42. The topological polar surface area (TPSA) is 0 Å². The van der Waals surface area contributed by atoms with E-state index in [0.717, 1.165) is 10.2 Å². The van der Waals surface area contributed by atoms with E-state index in [2.05, 4.69) is 53.0 Å². The molecule has 1 aromatic carbocycles. The van der Waals surface area contributed by atoms with Gasteiger partial charge in [0.15, 0.2) is 0 Å². The molecule has 0 spiro atoms. The lowest BCUT2D eigenvalue weighted by Gasteiger charge is -2.00. The number of fused-ring (bicyclic) bond motifs is 1. The lowest BCUT2D eigenvalue weighted by molar-refractivity contribution is 1.39. The number of thiol groups is 1. The minimum atomic E-state index is 0.896. The van der Waals surface area contributed by atoms with E-state index in [1.165, 1.54) is 21.2 Å². The summed E-state index contributed by atoms with van der Waals surface area (Å²) < 4.78 is 1.33. The highest BCUT2D eigenvalue weighted by Gasteiger charge is 2.05. The molecule has 0 bridgehead atoms. The maximum Gasteiger partial charge on any atom is 0.0359 e. The Bertz CT molecular complexity index is 445. The highest BCUT2D eigenvalue weighted by atomic mass is 79.9. The summed E-state index contributed by atoms with van der Waals surface area (Å²) >= 11 is 9.74. The molecule has 68 valence electrons. The molecule has 0 fully saturated rings. The molecular weight excluding hydrogens is 264 g/mol. The van der Waals surface area contributed by atoms with Crippen LogP contribution in [0.5, 0.6) is 0 Å². The van der Waals surface area contributed by atoms with E-state index in [1.54, 1.807) is 11.3 Å². The van der Waals surface area contributed by atoms with Gasteiger partial charge >= 0.3 is 0 Å². The van der Waals surface area contributed by atoms with Crippen LogP contribution in [0.4, 0.5) is 0 Å². The van der Waals surface area contributed by atoms with Crippen LogP contribution in [0, 0.1) is 6.92 Å². The average molecular weight is 273 g/mol. The predicted molar refractivity (Wildman–Crippen MR) is 66.4 cm³/mol. The second-order valence-corrected chi connectivity index (χ2v) is 4.99. The van der Waals surface area contributed by atoms with Gasteiger partial charge in [0.2, 0.25) is 0 Å². The summed E-state index contributed by atoms with van der Waals surface area (Å²) in [6.45, 7) is 2.13. The van der Waals surface area contributed by atoms with Crippen molar-refractivity contribution in [3.8, 4) is 0 Å². The molecule has 1 aromatic heterocycles. The van der Waals surface area contributed by atoms with Gasteiger partial charge in [0.25, 0.3) is 0 Å². The van der Waals surface area contributed by atoms with E-state index in [9.17, 15) is 0 Å². The van der Waals surface area contributed by atoms with Crippen LogP contribution >= 0.6 is 39.9 Å². The fraction of sp³-hybridized carbons (Fsp3) is 0.200. The molecule has 0 aliphatic rings. The zero-order valence-corrected chi connectivity index (χ0v) is 10.5. The summed E-state index contributed by atoms with van der Waals surface area (Å²) in [6, 6.07) is 4.35. The molecule has 0 amide bonds. The lowest BCUT2D eigenvalue weighted by Crippen LogP contribution is -1.79. The van der Waals surface area contributed by atoms with E-state index in [4.69, 9.17) is 0 Å². The number of alkyl halides is 1. The van der Waals surface area contributed by atoms with Crippen LogP contribution < -0.4 is 0 Å². The fourth-order valence-electron chi connectivity index (χ4n) is 1.43. The fourth-order valence-corrected chi connectivity index (χ4v) is 3.33. The van der Waals surface area contributed by atoms with Gasteiger partial charge in [-0.15, -0.1) is 24.0 Å². The summed E-state index contributed by atoms with van der Waals surface area (Å²) in [5.41, 5.74) is 2.62. The first-order valence-electron chi connectivity index (χ1n) is 3.98. The van der Waals surface area contributed by atoms with Crippen molar-refractivity contribution in [3.63, 3.8) is 0 Å². The molecule has 0 saturated heterocycles. The highest BCUT2D eigenvalue weighted by Crippen LogP contribution is 2.32. The van der Waals surface area contributed by atoms with Crippen molar-refractivity contribution in [2.45, 2.75) is 17.1 Å². The van der Waals surface area contributed by atoms with Crippen molar-refractivity contribution < 1.29 is 0 Å². The van der Waals surface area contributed by atoms with Gasteiger partial charge in [-0.3, -0.25) is 0 Å². The van der Waals surface area contributed by atoms with Gasteiger partial charge in [0.1, 0.15) is 0 Å². The summed E-state index contributed by atoms with van der Waals surface area (Å²) in [5.74, 6) is 0. The van der Waals surface area contributed by atoms with Crippen LogP contribution in [0.2, 0.25) is 0 Å². The molecule has 2 aromatic rings. The van der Waals surface area contributed by atoms with Crippen molar-refractivity contribution in [1.82, 2.24) is 0 Å². The molecule has 0 saturated carbocycles. The van der Waals surface area contributed by atoms with Crippen LogP contribution in [-0.2, 0) is 5.33 Å². The van der Waals surface area contributed by atoms with Crippen molar-refractivity contribution >= 4 is 50.0 Å². The molecule has 0 N–H and O–H groups in total. The second-order valence-electron chi connectivity index (χ2n) is 3.04. The highest BCUT2D eigenvalue weighted by molar-refractivity contribution is 9.08. The number of hydrogen-bond acceptors (Lipinski definition) is 2. The van der Waals surface area contributed by atoms with Crippen molar-refractivity contribution in [2.75, 3.05) is 0 Å². The minimum Gasteiger partial charge on any atom is -0.143 e. The van der Waals surface area contributed by atoms with E-state index in [0.29, 0.717) is 0 Å². The monoisotopic (exact) mass is 272 g/mol. The van der Waals surface area contributed by atoms with Gasteiger partial charge in [-0.05, 0) is 35.6 Å². The number of rotatable bonds is 1. The Morgan fingerprint density at radius 3 is 2.92 bits per heavy atom. The Kier molecular flexibility index (Phi) is 2.67. The van der Waals surface area contributed by atoms with Gasteiger partial charge < -0.3 is 0 Å². The molecule has 1 heterocycles. The molecule has 0 aliphatic carbocycles. The maximum absolute atomic E-state index is 4.50. The Morgan fingerprint density at radius 1 is 1.46 bits per heavy atom. The molecule has 0 nitrogen and oxygen atoms in total. The third-order valence-corrected chi connectivity index (χ3v) is 4.10. The standard InChI is InChI=1S/C10H9BrS2/c1-6-5-13-9-3-7(4-11)2-8(12)10(6)9/h2-3,5,12H,4H2,1H3. The first-order chi connectivity index (χ1) is 6.22. The van der Waals surface area contributed by atoms with E-state index in [-0.39, 0.29) is 0 Å². The van der Waals surface area contributed by atoms with E-state index in [1.807, 2.05) is 0 Å². The molecule has 0 unspecified atom stereocenters. The van der Waals surface area contributed by atoms with E-state index >= 15 is 0 Å². The summed E-state index contributed by atoms with van der Waals surface area (Å²) in [7, 11) is 0. The summed E-state index contributed by atoms with van der Waals surface area (Å²) in [5, 5.41) is 4.38. The Morgan fingerprint density at radius 2 is 2.23 bits per heavy atom. The van der Waals surface area contributed by atoms with Crippen LogP contribution in [-0.4, -0.2) is 0 Å². The van der Waals surface area contributed by atoms with Gasteiger partial charge in [0, 0.05) is 20.3 Å². The van der Waals surface area contributed by atoms with Crippen LogP contribution in [0.3, 0.4) is 0 Å². The number of hydrogen-bond donors (Lipinski definition) is 1. The number of halogens is 1. The quantitative estimate of drug-likeness (QED) is 0.578. The first-order valence-corrected chi connectivity index (χ1v) is 6.43. The third-order valence-electron chi connectivity index (χ3n) is 2.05. The molecule has 0 aliphatic heterocycles. The Balaban J connectivity index is 2.79. The van der Waals surface area contributed by atoms with Crippen molar-refractivity contribution in [3.05, 3.63) is 28.6 Å². The average Bonchev–Trinajstić information content (AvgIpc) is 2.48. The van der Waals surface area contributed by atoms with Crippen LogP contribution in [0.25, 0.3) is 10.1 Å². The lowest BCUT2D eigenvalue weighted by atomic mass is 10.1. The molecule has 0 atom stereocenters. The first kappa shape index (κ1) is 9.56. The number of thiophene rings is 1. The van der Waals surface area contributed by atoms with Gasteiger partial charge in [-0.2, -0.15) is 0 Å². The second kappa shape index (κ2) is 3.64. The van der Waals surface area contributed by atoms with E-state index < -0.39 is 0 Å². The number of benzene rings is 1. The van der Waals surface area contributed by atoms with Gasteiger partial charge in [-0.25, -0.2) is 0 Å². The van der Waals surface area contributed by atoms with Crippen LogP contribution in [0.15, 0.2) is 22.4 Å².